The number of carbonyl (C=O) groups is 1. The molecule has 1 saturated heterocycles. The zero-order valence-corrected chi connectivity index (χ0v) is 13.2. The number of likely N-dealkylation sites (tertiary alicyclic amines) is 1. The molecule has 0 unspecified atom stereocenters. The van der Waals surface area contributed by atoms with Crippen LogP contribution in [0, 0.1) is 0 Å². The van der Waals surface area contributed by atoms with Crippen LogP contribution in [-0.4, -0.2) is 47.5 Å². The highest BCUT2D eigenvalue weighted by Gasteiger charge is 2.20. The molecule has 0 radical (unpaired) electrons. The summed E-state index contributed by atoms with van der Waals surface area (Å²) in [6, 6.07) is 0.275. The highest BCUT2D eigenvalue weighted by molar-refractivity contribution is 5.81. The number of unbranched alkanes of at least 4 members (excludes halogenated alkanes) is 4. The van der Waals surface area contributed by atoms with Crippen LogP contribution in [-0.2, 0) is 4.79 Å². The third-order valence-electron chi connectivity index (χ3n) is 3.97. The zero-order valence-electron chi connectivity index (χ0n) is 13.2. The summed E-state index contributed by atoms with van der Waals surface area (Å²) < 4.78 is 0. The zero-order chi connectivity index (χ0) is 15.5. The summed E-state index contributed by atoms with van der Waals surface area (Å²) in [5.74, 6) is 0.422. The minimum Gasteiger partial charge on any atom is -0.409 e. The Morgan fingerprint density at radius 2 is 1.95 bits per heavy atom. The quantitative estimate of drug-likeness (QED) is 0.198. The number of nitrogens with two attached hydrogens (primary N) is 1. The van der Waals surface area contributed by atoms with Gasteiger partial charge in [0.05, 0.1) is 6.54 Å². The Kier molecular flexibility index (Phi) is 8.82. The first kappa shape index (κ1) is 17.8. The number of amides is 1. The van der Waals surface area contributed by atoms with Crippen LogP contribution in [0.15, 0.2) is 5.16 Å². The highest BCUT2D eigenvalue weighted by Crippen LogP contribution is 2.11. The molecule has 21 heavy (non-hydrogen) atoms. The molecule has 6 heteroatoms. The summed E-state index contributed by atoms with van der Waals surface area (Å²) in [4.78, 5) is 14.0. The molecule has 0 aromatic rings. The SMILES string of the molecule is CCCCCCCC(=O)NC1CCN(CC(N)=NO)CC1. The van der Waals surface area contributed by atoms with Gasteiger partial charge in [0.25, 0.3) is 0 Å². The molecule has 1 heterocycles. The lowest BCUT2D eigenvalue weighted by atomic mass is 10.0. The number of nitrogens with one attached hydrogen (secondary N) is 1. The molecule has 0 aromatic carbocycles. The van der Waals surface area contributed by atoms with Gasteiger partial charge in [0, 0.05) is 25.6 Å². The predicted molar refractivity (Wildman–Crippen MR) is 84.4 cm³/mol. The Bertz CT molecular complexity index is 326. The van der Waals surface area contributed by atoms with E-state index < -0.39 is 0 Å². The molecule has 1 rings (SSSR count). The number of nitrogens with zero attached hydrogens (tertiary/aromatic N) is 2. The average Bonchev–Trinajstić information content (AvgIpc) is 2.49. The number of piperidine rings is 1. The lowest BCUT2D eigenvalue weighted by molar-refractivity contribution is -0.122. The summed E-state index contributed by atoms with van der Waals surface area (Å²) in [6.45, 7) is 4.43. The van der Waals surface area contributed by atoms with Gasteiger partial charge in [-0.3, -0.25) is 9.69 Å². The summed E-state index contributed by atoms with van der Waals surface area (Å²) in [5.41, 5.74) is 5.50. The second-order valence-corrected chi connectivity index (χ2v) is 5.87. The summed E-state index contributed by atoms with van der Waals surface area (Å²) in [7, 11) is 0. The minimum atomic E-state index is 0.182. The van der Waals surface area contributed by atoms with Crippen molar-refractivity contribution in [3.63, 3.8) is 0 Å². The molecule has 1 aliphatic rings. The van der Waals surface area contributed by atoms with E-state index in [0.717, 1.165) is 38.8 Å². The van der Waals surface area contributed by atoms with Crippen molar-refractivity contribution in [2.24, 2.45) is 10.9 Å². The van der Waals surface area contributed by atoms with E-state index in [2.05, 4.69) is 22.3 Å². The van der Waals surface area contributed by atoms with Gasteiger partial charge >= 0.3 is 0 Å². The van der Waals surface area contributed by atoms with Crippen LogP contribution < -0.4 is 11.1 Å². The van der Waals surface area contributed by atoms with E-state index in [0.29, 0.717) is 13.0 Å². The first-order valence-corrected chi connectivity index (χ1v) is 8.13. The minimum absolute atomic E-state index is 0.182. The van der Waals surface area contributed by atoms with Crippen LogP contribution in [0.4, 0.5) is 0 Å². The predicted octanol–water partition coefficient (Wildman–Crippen LogP) is 1.67. The van der Waals surface area contributed by atoms with E-state index in [9.17, 15) is 4.79 Å². The summed E-state index contributed by atoms with van der Waals surface area (Å²) in [6.07, 6.45) is 8.38. The topological polar surface area (TPSA) is 91.0 Å². The van der Waals surface area contributed by atoms with Crippen LogP contribution in [0.5, 0.6) is 0 Å². The first-order chi connectivity index (χ1) is 10.2. The largest absolute Gasteiger partial charge is 0.409 e. The Labute approximate surface area is 127 Å². The van der Waals surface area contributed by atoms with Gasteiger partial charge in [-0.2, -0.15) is 0 Å². The van der Waals surface area contributed by atoms with Crippen molar-refractivity contribution in [2.75, 3.05) is 19.6 Å². The third-order valence-corrected chi connectivity index (χ3v) is 3.97. The molecule has 1 amide bonds. The van der Waals surface area contributed by atoms with Crippen molar-refractivity contribution in [1.29, 1.82) is 0 Å². The van der Waals surface area contributed by atoms with Crippen LogP contribution in [0.2, 0.25) is 0 Å². The van der Waals surface area contributed by atoms with E-state index in [-0.39, 0.29) is 17.8 Å². The fourth-order valence-electron chi connectivity index (χ4n) is 2.69. The number of oxime groups is 1. The number of carbonyl (C=O) groups excluding carboxylic acids is 1. The molecule has 0 atom stereocenters. The van der Waals surface area contributed by atoms with Gasteiger partial charge in [-0.05, 0) is 19.3 Å². The molecular weight excluding hydrogens is 268 g/mol. The van der Waals surface area contributed by atoms with Gasteiger partial charge in [-0.15, -0.1) is 0 Å². The standard InChI is InChI=1S/C15H30N4O2/c1-2-3-4-5-6-7-15(20)17-13-8-10-19(11-9-13)12-14(16)18-21/h13,21H,2-12H2,1H3,(H2,16,18)(H,17,20). The van der Waals surface area contributed by atoms with Gasteiger partial charge in [-0.1, -0.05) is 37.8 Å². The first-order valence-electron chi connectivity index (χ1n) is 8.13. The molecule has 0 spiro atoms. The van der Waals surface area contributed by atoms with Crippen LogP contribution in [0.25, 0.3) is 0 Å². The van der Waals surface area contributed by atoms with Crippen molar-refractivity contribution in [3.8, 4) is 0 Å². The monoisotopic (exact) mass is 298 g/mol. The Morgan fingerprint density at radius 3 is 2.57 bits per heavy atom. The van der Waals surface area contributed by atoms with Gasteiger partial charge in [0.1, 0.15) is 0 Å². The molecule has 0 aliphatic carbocycles. The average molecular weight is 298 g/mol. The fourth-order valence-corrected chi connectivity index (χ4v) is 2.69. The van der Waals surface area contributed by atoms with E-state index in [1.165, 1.54) is 19.3 Å². The fraction of sp³-hybridized carbons (Fsp3) is 0.867. The highest BCUT2D eigenvalue weighted by atomic mass is 16.4. The Morgan fingerprint density at radius 1 is 1.29 bits per heavy atom. The number of hydrogen-bond acceptors (Lipinski definition) is 4. The van der Waals surface area contributed by atoms with Crippen molar-refractivity contribution in [2.45, 2.75) is 64.3 Å². The second kappa shape index (κ2) is 10.4. The maximum atomic E-state index is 11.9. The van der Waals surface area contributed by atoms with Gasteiger partial charge in [0.15, 0.2) is 5.84 Å². The Hall–Kier alpha value is -1.30. The molecule has 0 saturated carbocycles. The normalized spacial score (nSPS) is 17.9. The van der Waals surface area contributed by atoms with Crippen LogP contribution in [0.1, 0.15) is 58.3 Å². The van der Waals surface area contributed by atoms with Crippen molar-refractivity contribution in [3.05, 3.63) is 0 Å². The smallest absolute Gasteiger partial charge is 0.220 e. The lowest BCUT2D eigenvalue weighted by Crippen LogP contribution is -2.46. The molecule has 6 nitrogen and oxygen atoms in total. The third kappa shape index (κ3) is 7.90. The molecule has 1 fully saturated rings. The number of rotatable bonds is 9. The Balaban J connectivity index is 2.10. The molecule has 0 aromatic heterocycles. The van der Waals surface area contributed by atoms with Gasteiger partial charge in [-0.25, -0.2) is 0 Å². The summed E-state index contributed by atoms with van der Waals surface area (Å²) >= 11 is 0. The maximum Gasteiger partial charge on any atom is 0.220 e. The van der Waals surface area contributed by atoms with E-state index >= 15 is 0 Å². The molecule has 0 bridgehead atoms. The van der Waals surface area contributed by atoms with E-state index in [1.807, 2.05) is 0 Å². The van der Waals surface area contributed by atoms with Crippen molar-refractivity contribution >= 4 is 11.7 Å². The maximum absolute atomic E-state index is 11.9. The van der Waals surface area contributed by atoms with Gasteiger partial charge < -0.3 is 16.3 Å². The van der Waals surface area contributed by atoms with E-state index in [4.69, 9.17) is 10.9 Å². The molecule has 122 valence electrons. The van der Waals surface area contributed by atoms with Crippen molar-refractivity contribution < 1.29 is 10.0 Å². The van der Waals surface area contributed by atoms with Crippen molar-refractivity contribution in [1.82, 2.24) is 10.2 Å². The number of hydrogen-bond donors (Lipinski definition) is 3. The second-order valence-electron chi connectivity index (χ2n) is 5.87. The van der Waals surface area contributed by atoms with Crippen LogP contribution >= 0.6 is 0 Å². The van der Waals surface area contributed by atoms with Gasteiger partial charge in [0.2, 0.25) is 5.91 Å². The van der Waals surface area contributed by atoms with E-state index in [1.54, 1.807) is 0 Å². The summed E-state index contributed by atoms with van der Waals surface area (Å²) in [5, 5.41) is 14.7. The lowest BCUT2D eigenvalue weighted by Gasteiger charge is -2.31. The van der Waals surface area contributed by atoms with Crippen LogP contribution in [0.3, 0.4) is 0 Å². The molecule has 4 N–H and O–H groups in total. The number of amidine groups is 1. The molecular formula is C15H30N4O2. The molecule has 1 aliphatic heterocycles.